The van der Waals surface area contributed by atoms with Crippen molar-refractivity contribution in [2.75, 3.05) is 12.4 Å². The fraction of sp³-hybridized carbons (Fsp3) is 0.0714. The summed E-state index contributed by atoms with van der Waals surface area (Å²) in [5, 5.41) is 11.9. The zero-order chi connectivity index (χ0) is 15.5. The first-order valence-electron chi connectivity index (χ1n) is 6.06. The highest BCUT2D eigenvalue weighted by Crippen LogP contribution is 2.19. The van der Waals surface area contributed by atoms with Crippen molar-refractivity contribution in [2.24, 2.45) is 0 Å². The second-order valence-corrected chi connectivity index (χ2v) is 6.13. The monoisotopic (exact) mass is 306 g/mol. The van der Waals surface area contributed by atoms with Gasteiger partial charge in [0, 0.05) is 11.4 Å². The van der Waals surface area contributed by atoms with Crippen molar-refractivity contribution in [3.63, 3.8) is 0 Å². The van der Waals surface area contributed by atoms with Gasteiger partial charge in [-0.25, -0.2) is 17.9 Å². The van der Waals surface area contributed by atoms with Crippen LogP contribution in [0.15, 0.2) is 53.4 Å². The molecular weight excluding hydrogens is 292 g/mol. The summed E-state index contributed by atoms with van der Waals surface area (Å²) in [4.78, 5) is 11.1. The molecule has 3 N–H and O–H groups in total. The molecule has 0 heterocycles. The SMILES string of the molecule is CNS(=O)(=O)c1ccc(Nc2cccc(C(=O)O)c2)cc1. The topological polar surface area (TPSA) is 95.5 Å². The summed E-state index contributed by atoms with van der Waals surface area (Å²) in [7, 11) is -2.12. The Hall–Kier alpha value is -2.38. The third-order valence-corrected chi connectivity index (χ3v) is 4.26. The van der Waals surface area contributed by atoms with E-state index in [0.29, 0.717) is 11.4 Å². The Labute approximate surface area is 122 Å². The van der Waals surface area contributed by atoms with Crippen LogP contribution in [0.5, 0.6) is 0 Å². The highest BCUT2D eigenvalue weighted by Gasteiger charge is 2.10. The first kappa shape index (κ1) is 15.0. The third-order valence-electron chi connectivity index (χ3n) is 2.83. The first-order valence-corrected chi connectivity index (χ1v) is 7.55. The van der Waals surface area contributed by atoms with Gasteiger partial charge in [-0.1, -0.05) is 6.07 Å². The lowest BCUT2D eigenvalue weighted by Gasteiger charge is -2.08. The normalized spacial score (nSPS) is 11.1. The molecule has 0 aliphatic heterocycles. The van der Waals surface area contributed by atoms with Crippen LogP contribution in [0.2, 0.25) is 0 Å². The minimum atomic E-state index is -3.46. The number of sulfonamides is 1. The molecule has 0 saturated carbocycles. The molecule has 0 amide bonds. The average molecular weight is 306 g/mol. The van der Waals surface area contributed by atoms with E-state index in [4.69, 9.17) is 5.11 Å². The highest BCUT2D eigenvalue weighted by molar-refractivity contribution is 7.89. The molecule has 0 bridgehead atoms. The van der Waals surface area contributed by atoms with E-state index in [2.05, 4.69) is 10.0 Å². The van der Waals surface area contributed by atoms with Crippen molar-refractivity contribution in [1.29, 1.82) is 0 Å². The molecule has 6 nitrogen and oxygen atoms in total. The van der Waals surface area contributed by atoms with Crippen LogP contribution in [0.4, 0.5) is 11.4 Å². The van der Waals surface area contributed by atoms with Crippen LogP contribution in [0.3, 0.4) is 0 Å². The number of rotatable bonds is 5. The second kappa shape index (κ2) is 5.94. The van der Waals surface area contributed by atoms with E-state index in [9.17, 15) is 13.2 Å². The molecule has 0 fully saturated rings. The number of aromatic carboxylic acids is 1. The van der Waals surface area contributed by atoms with E-state index in [-0.39, 0.29) is 10.5 Å². The van der Waals surface area contributed by atoms with E-state index < -0.39 is 16.0 Å². The number of carbonyl (C=O) groups is 1. The van der Waals surface area contributed by atoms with Crippen LogP contribution in [-0.4, -0.2) is 26.5 Å². The lowest BCUT2D eigenvalue weighted by Crippen LogP contribution is -2.18. The van der Waals surface area contributed by atoms with Crippen molar-refractivity contribution < 1.29 is 18.3 Å². The Morgan fingerprint density at radius 3 is 2.29 bits per heavy atom. The lowest BCUT2D eigenvalue weighted by atomic mass is 10.2. The number of anilines is 2. The molecule has 0 aliphatic carbocycles. The quantitative estimate of drug-likeness (QED) is 0.785. The average Bonchev–Trinajstić information content (AvgIpc) is 2.48. The maximum atomic E-state index is 11.6. The van der Waals surface area contributed by atoms with Gasteiger partial charge in [0.25, 0.3) is 0 Å². The zero-order valence-corrected chi connectivity index (χ0v) is 12.0. The summed E-state index contributed by atoms with van der Waals surface area (Å²) in [6.07, 6.45) is 0. The maximum absolute atomic E-state index is 11.6. The van der Waals surface area contributed by atoms with Gasteiger partial charge in [-0.05, 0) is 49.5 Å². The van der Waals surface area contributed by atoms with Gasteiger partial charge in [-0.15, -0.1) is 0 Å². The zero-order valence-electron chi connectivity index (χ0n) is 11.2. The van der Waals surface area contributed by atoms with Crippen LogP contribution in [0.1, 0.15) is 10.4 Å². The van der Waals surface area contributed by atoms with Crippen molar-refractivity contribution in [1.82, 2.24) is 4.72 Å². The predicted molar refractivity (Wildman–Crippen MR) is 79.4 cm³/mol. The summed E-state index contributed by atoms with van der Waals surface area (Å²) in [6, 6.07) is 12.5. The number of hydrogen-bond acceptors (Lipinski definition) is 4. The minimum absolute atomic E-state index is 0.162. The molecule has 0 atom stereocenters. The molecule has 0 aliphatic rings. The predicted octanol–water partition coefficient (Wildman–Crippen LogP) is 2.04. The standard InChI is InChI=1S/C14H14N2O4S/c1-15-21(19,20)13-7-5-11(6-8-13)16-12-4-2-3-10(9-12)14(17)18/h2-9,15-16H,1H3,(H,17,18). The molecule has 0 unspecified atom stereocenters. The number of benzene rings is 2. The molecule has 0 radical (unpaired) electrons. The van der Waals surface area contributed by atoms with Crippen molar-refractivity contribution in [3.05, 3.63) is 54.1 Å². The van der Waals surface area contributed by atoms with Crippen LogP contribution < -0.4 is 10.0 Å². The molecule has 7 heteroatoms. The molecule has 110 valence electrons. The van der Waals surface area contributed by atoms with Gasteiger partial charge < -0.3 is 10.4 Å². The Bertz CT molecular complexity index is 755. The van der Waals surface area contributed by atoms with E-state index in [0.717, 1.165) is 0 Å². The van der Waals surface area contributed by atoms with Crippen molar-refractivity contribution >= 4 is 27.4 Å². The third kappa shape index (κ3) is 3.59. The number of carboxylic acid groups (broad SMARTS) is 1. The van der Waals surface area contributed by atoms with E-state index in [1.54, 1.807) is 24.3 Å². The van der Waals surface area contributed by atoms with Gasteiger partial charge in [0.2, 0.25) is 10.0 Å². The first-order chi connectivity index (χ1) is 9.92. The Balaban J connectivity index is 2.21. The van der Waals surface area contributed by atoms with Crippen LogP contribution in [-0.2, 0) is 10.0 Å². The molecule has 2 rings (SSSR count). The molecule has 0 aromatic heterocycles. The largest absolute Gasteiger partial charge is 0.478 e. The summed E-state index contributed by atoms with van der Waals surface area (Å²) < 4.78 is 25.4. The Morgan fingerprint density at radius 1 is 1.05 bits per heavy atom. The van der Waals surface area contributed by atoms with Crippen LogP contribution in [0, 0.1) is 0 Å². The second-order valence-electron chi connectivity index (χ2n) is 4.24. The van der Waals surface area contributed by atoms with Gasteiger partial charge in [0.05, 0.1) is 10.5 Å². The Morgan fingerprint density at radius 2 is 1.71 bits per heavy atom. The maximum Gasteiger partial charge on any atom is 0.335 e. The molecule has 0 saturated heterocycles. The molecule has 2 aromatic rings. The molecule has 21 heavy (non-hydrogen) atoms. The minimum Gasteiger partial charge on any atom is -0.478 e. The smallest absolute Gasteiger partial charge is 0.335 e. The lowest BCUT2D eigenvalue weighted by molar-refractivity contribution is 0.0697. The van der Waals surface area contributed by atoms with E-state index in [1.165, 1.54) is 31.3 Å². The van der Waals surface area contributed by atoms with Crippen LogP contribution in [0.25, 0.3) is 0 Å². The van der Waals surface area contributed by atoms with Gasteiger partial charge in [0.1, 0.15) is 0 Å². The summed E-state index contributed by atoms with van der Waals surface area (Å²) in [6.45, 7) is 0. The summed E-state index contributed by atoms with van der Waals surface area (Å²) in [5.74, 6) is -1.01. The van der Waals surface area contributed by atoms with Gasteiger partial charge >= 0.3 is 5.97 Å². The molecule has 2 aromatic carbocycles. The van der Waals surface area contributed by atoms with E-state index >= 15 is 0 Å². The number of hydrogen-bond donors (Lipinski definition) is 3. The number of nitrogens with one attached hydrogen (secondary N) is 2. The molecule has 0 spiro atoms. The Kier molecular flexibility index (Phi) is 4.25. The summed E-state index contributed by atoms with van der Waals surface area (Å²) >= 11 is 0. The van der Waals surface area contributed by atoms with Crippen molar-refractivity contribution in [2.45, 2.75) is 4.90 Å². The fourth-order valence-corrected chi connectivity index (χ4v) is 2.46. The van der Waals surface area contributed by atoms with Crippen molar-refractivity contribution in [3.8, 4) is 0 Å². The van der Waals surface area contributed by atoms with Gasteiger partial charge in [0.15, 0.2) is 0 Å². The van der Waals surface area contributed by atoms with Gasteiger partial charge in [-0.3, -0.25) is 0 Å². The van der Waals surface area contributed by atoms with Gasteiger partial charge in [-0.2, -0.15) is 0 Å². The van der Waals surface area contributed by atoms with E-state index in [1.807, 2.05) is 0 Å². The highest BCUT2D eigenvalue weighted by atomic mass is 32.2. The fourth-order valence-electron chi connectivity index (χ4n) is 1.73. The van der Waals surface area contributed by atoms with Crippen LogP contribution >= 0.6 is 0 Å². The summed E-state index contributed by atoms with van der Waals surface area (Å²) in [5.41, 5.74) is 1.45. The number of carboxylic acids is 1. The molecular formula is C14H14N2O4S.